The first-order valence-electron chi connectivity index (χ1n) is 12.0. The van der Waals surface area contributed by atoms with Crippen LogP contribution in [-0.2, 0) is 13.1 Å². The first-order valence-corrected chi connectivity index (χ1v) is 12.4. The van der Waals surface area contributed by atoms with Gasteiger partial charge in [0.1, 0.15) is 0 Å². The molecule has 0 unspecified atom stereocenters. The number of aromatic amines is 1. The number of anilines is 1. The highest BCUT2D eigenvalue weighted by Crippen LogP contribution is 2.34. The van der Waals surface area contributed by atoms with Crippen LogP contribution in [0.2, 0.25) is 5.02 Å². The molecule has 4 aromatic carbocycles. The van der Waals surface area contributed by atoms with E-state index in [0.717, 1.165) is 44.4 Å². The van der Waals surface area contributed by atoms with E-state index >= 15 is 0 Å². The number of hydrogen-bond acceptors (Lipinski definition) is 3. The quantitative estimate of drug-likeness (QED) is 0.309. The van der Waals surface area contributed by atoms with E-state index in [4.69, 9.17) is 11.6 Å². The third-order valence-corrected chi connectivity index (χ3v) is 7.16. The summed E-state index contributed by atoms with van der Waals surface area (Å²) in [5.41, 5.74) is 6.01. The molecule has 1 aliphatic rings. The van der Waals surface area contributed by atoms with E-state index in [1.807, 2.05) is 77.8 Å². The van der Waals surface area contributed by atoms with Crippen LogP contribution in [-0.4, -0.2) is 33.9 Å². The standard InChI is InChI=1S/C30H25ClN4O/c31-28-11-4-3-9-26(28)22-12-13-29-23(16-22)18-35(15-14-34(29)19-24-17-32-20-33-24)30(36)27-10-5-7-21-6-1-2-8-25(21)27/h1-13,16-17,20H,14-15,18-19H2,(H,32,33). The summed E-state index contributed by atoms with van der Waals surface area (Å²) in [4.78, 5) is 25.5. The zero-order valence-corrected chi connectivity index (χ0v) is 20.4. The molecule has 0 aliphatic carbocycles. The third-order valence-electron chi connectivity index (χ3n) is 6.83. The van der Waals surface area contributed by atoms with Gasteiger partial charge in [-0.1, -0.05) is 72.3 Å². The van der Waals surface area contributed by atoms with Gasteiger partial charge in [0.05, 0.1) is 18.6 Å². The Morgan fingerprint density at radius 3 is 2.64 bits per heavy atom. The molecule has 0 spiro atoms. The highest BCUT2D eigenvalue weighted by molar-refractivity contribution is 6.33. The fraction of sp³-hybridized carbons (Fsp3) is 0.133. The Morgan fingerprint density at radius 2 is 1.78 bits per heavy atom. The van der Waals surface area contributed by atoms with Gasteiger partial charge < -0.3 is 14.8 Å². The molecule has 0 atom stereocenters. The number of H-pyrrole nitrogens is 1. The number of halogens is 1. The molecule has 0 bridgehead atoms. The normalized spacial score (nSPS) is 13.5. The Kier molecular flexibility index (Phi) is 5.91. The first-order chi connectivity index (χ1) is 17.7. The maximum atomic E-state index is 13.9. The molecular formula is C30H25ClN4O. The number of carbonyl (C=O) groups excluding carboxylic acids is 1. The largest absolute Gasteiger partial charge is 0.364 e. The number of amides is 1. The Balaban J connectivity index is 1.40. The van der Waals surface area contributed by atoms with Gasteiger partial charge in [-0.05, 0) is 46.2 Å². The predicted molar refractivity (Wildman–Crippen MR) is 145 cm³/mol. The first kappa shape index (κ1) is 22.4. The van der Waals surface area contributed by atoms with Crippen molar-refractivity contribution in [1.82, 2.24) is 14.9 Å². The molecule has 6 heteroatoms. The van der Waals surface area contributed by atoms with Gasteiger partial charge in [-0.3, -0.25) is 4.79 Å². The van der Waals surface area contributed by atoms with Crippen molar-refractivity contribution < 1.29 is 4.79 Å². The highest BCUT2D eigenvalue weighted by Gasteiger charge is 2.25. The summed E-state index contributed by atoms with van der Waals surface area (Å²) in [5.74, 6) is 0.0456. The molecule has 0 radical (unpaired) electrons. The average molecular weight is 493 g/mol. The van der Waals surface area contributed by atoms with Crippen molar-refractivity contribution >= 4 is 34.0 Å². The Morgan fingerprint density at radius 1 is 0.944 bits per heavy atom. The molecule has 36 heavy (non-hydrogen) atoms. The zero-order chi connectivity index (χ0) is 24.5. The molecule has 2 heterocycles. The van der Waals surface area contributed by atoms with Crippen LogP contribution >= 0.6 is 11.6 Å². The molecule has 0 saturated heterocycles. The van der Waals surface area contributed by atoms with Gasteiger partial charge in [-0.15, -0.1) is 0 Å². The minimum absolute atomic E-state index is 0.0456. The van der Waals surface area contributed by atoms with E-state index in [2.05, 4.69) is 33.1 Å². The van der Waals surface area contributed by atoms with Crippen molar-refractivity contribution in [3.8, 4) is 11.1 Å². The number of carbonyl (C=O) groups is 1. The van der Waals surface area contributed by atoms with E-state index in [-0.39, 0.29) is 5.91 Å². The number of aromatic nitrogens is 2. The summed E-state index contributed by atoms with van der Waals surface area (Å²) in [5, 5.41) is 2.76. The molecule has 178 valence electrons. The highest BCUT2D eigenvalue weighted by atomic mass is 35.5. The molecule has 5 nitrogen and oxygen atoms in total. The van der Waals surface area contributed by atoms with E-state index < -0.39 is 0 Å². The number of benzene rings is 4. The minimum atomic E-state index is 0.0456. The van der Waals surface area contributed by atoms with Crippen molar-refractivity contribution in [2.24, 2.45) is 0 Å². The van der Waals surface area contributed by atoms with Gasteiger partial charge >= 0.3 is 0 Å². The Labute approximate surface area is 215 Å². The zero-order valence-electron chi connectivity index (χ0n) is 19.7. The van der Waals surface area contributed by atoms with Crippen LogP contribution in [0.1, 0.15) is 21.6 Å². The fourth-order valence-electron chi connectivity index (χ4n) is 5.03. The summed E-state index contributed by atoms with van der Waals surface area (Å²) in [7, 11) is 0. The van der Waals surface area contributed by atoms with Crippen LogP contribution in [0, 0.1) is 0 Å². The van der Waals surface area contributed by atoms with Gasteiger partial charge in [0.15, 0.2) is 0 Å². The molecule has 1 aromatic heterocycles. The molecule has 1 amide bonds. The number of nitrogens with one attached hydrogen (secondary N) is 1. The second-order valence-corrected chi connectivity index (χ2v) is 9.48. The molecule has 1 N–H and O–H groups in total. The lowest BCUT2D eigenvalue weighted by molar-refractivity contribution is 0.0753. The summed E-state index contributed by atoms with van der Waals surface area (Å²) in [6.45, 7) is 2.55. The fourth-order valence-corrected chi connectivity index (χ4v) is 5.27. The van der Waals surface area contributed by atoms with Crippen molar-refractivity contribution in [1.29, 1.82) is 0 Å². The minimum Gasteiger partial charge on any atom is -0.364 e. The lowest BCUT2D eigenvalue weighted by atomic mass is 10.0. The maximum absolute atomic E-state index is 13.9. The molecule has 0 saturated carbocycles. The van der Waals surface area contributed by atoms with Crippen molar-refractivity contribution in [3.05, 3.63) is 119 Å². The Bertz CT molecular complexity index is 1540. The van der Waals surface area contributed by atoms with Crippen LogP contribution in [0.5, 0.6) is 0 Å². The summed E-state index contributed by atoms with van der Waals surface area (Å²) < 4.78 is 0. The van der Waals surface area contributed by atoms with E-state index in [0.29, 0.717) is 31.2 Å². The van der Waals surface area contributed by atoms with Crippen molar-refractivity contribution in [3.63, 3.8) is 0 Å². The van der Waals surface area contributed by atoms with E-state index in [1.165, 1.54) is 0 Å². The van der Waals surface area contributed by atoms with Gasteiger partial charge in [-0.2, -0.15) is 0 Å². The number of fused-ring (bicyclic) bond motifs is 2. The molecule has 5 aromatic rings. The van der Waals surface area contributed by atoms with Crippen molar-refractivity contribution in [2.45, 2.75) is 13.1 Å². The maximum Gasteiger partial charge on any atom is 0.254 e. The van der Waals surface area contributed by atoms with E-state index in [1.54, 1.807) is 6.33 Å². The summed E-state index contributed by atoms with van der Waals surface area (Å²) in [6.07, 6.45) is 3.55. The van der Waals surface area contributed by atoms with Gasteiger partial charge in [-0.25, -0.2) is 4.98 Å². The number of imidazole rings is 1. The van der Waals surface area contributed by atoms with Gasteiger partial charge in [0.2, 0.25) is 0 Å². The summed E-state index contributed by atoms with van der Waals surface area (Å²) in [6, 6.07) is 28.3. The monoisotopic (exact) mass is 492 g/mol. The molecular weight excluding hydrogens is 468 g/mol. The summed E-state index contributed by atoms with van der Waals surface area (Å²) >= 11 is 6.53. The smallest absolute Gasteiger partial charge is 0.254 e. The lowest BCUT2D eigenvalue weighted by Gasteiger charge is -2.24. The van der Waals surface area contributed by atoms with Crippen LogP contribution in [0.4, 0.5) is 5.69 Å². The van der Waals surface area contributed by atoms with Gasteiger partial charge in [0, 0.05) is 47.7 Å². The second kappa shape index (κ2) is 9.51. The van der Waals surface area contributed by atoms with Crippen LogP contribution in [0.15, 0.2) is 97.5 Å². The lowest BCUT2D eigenvalue weighted by Crippen LogP contribution is -2.35. The van der Waals surface area contributed by atoms with Crippen LogP contribution in [0.25, 0.3) is 21.9 Å². The van der Waals surface area contributed by atoms with Gasteiger partial charge in [0.25, 0.3) is 5.91 Å². The topological polar surface area (TPSA) is 52.2 Å². The number of hydrogen-bond donors (Lipinski definition) is 1. The Hall–Kier alpha value is -4.09. The van der Waals surface area contributed by atoms with Crippen molar-refractivity contribution in [2.75, 3.05) is 18.0 Å². The number of rotatable bonds is 4. The SMILES string of the molecule is O=C(c1cccc2ccccc12)N1CCN(Cc2cnc[nH]2)c2ccc(-c3ccccc3Cl)cc2C1. The molecule has 6 rings (SSSR count). The third kappa shape index (κ3) is 4.23. The molecule has 0 fully saturated rings. The predicted octanol–water partition coefficient (Wildman–Crippen LogP) is 6.55. The average Bonchev–Trinajstić information content (AvgIpc) is 3.36. The van der Waals surface area contributed by atoms with Crippen LogP contribution < -0.4 is 4.90 Å². The van der Waals surface area contributed by atoms with Crippen LogP contribution in [0.3, 0.4) is 0 Å². The van der Waals surface area contributed by atoms with E-state index in [9.17, 15) is 4.79 Å². The number of nitrogens with zero attached hydrogens (tertiary/aromatic N) is 3. The second-order valence-electron chi connectivity index (χ2n) is 9.08. The molecule has 1 aliphatic heterocycles.